The maximum absolute atomic E-state index is 12.3. The number of ketones is 1. The average Bonchev–Trinajstić information content (AvgIpc) is 2.54. The molecule has 1 atom stereocenters. The summed E-state index contributed by atoms with van der Waals surface area (Å²) in [5.74, 6) is -0.656. The summed E-state index contributed by atoms with van der Waals surface area (Å²) in [5.41, 5.74) is 1.61. The molecule has 3 heteroatoms. The van der Waals surface area contributed by atoms with Gasteiger partial charge in [0.1, 0.15) is 5.92 Å². The fourth-order valence-corrected chi connectivity index (χ4v) is 2.23. The van der Waals surface area contributed by atoms with Gasteiger partial charge in [-0.2, -0.15) is 0 Å². The number of rotatable bonds is 2. The Labute approximate surface area is 101 Å². The Bertz CT molecular complexity index is 440. The lowest BCUT2D eigenvalue weighted by Gasteiger charge is -2.13. The van der Waals surface area contributed by atoms with Gasteiger partial charge in [0.2, 0.25) is 5.91 Å². The highest BCUT2D eigenvalue weighted by molar-refractivity contribution is 6.10. The number of amides is 1. The molecular weight excluding hydrogens is 214 g/mol. The van der Waals surface area contributed by atoms with Crippen LogP contribution in [0.5, 0.6) is 0 Å². The zero-order valence-electron chi connectivity index (χ0n) is 10.0. The molecule has 0 radical (unpaired) electrons. The predicted molar refractivity (Wildman–Crippen MR) is 65.9 cm³/mol. The van der Waals surface area contributed by atoms with Crippen molar-refractivity contribution in [2.75, 3.05) is 6.54 Å². The summed E-state index contributed by atoms with van der Waals surface area (Å²) in [5, 5.41) is 2.80. The number of aryl methyl sites for hydroxylation is 1. The summed E-state index contributed by atoms with van der Waals surface area (Å²) in [6.45, 7) is 2.60. The maximum atomic E-state index is 12.3. The van der Waals surface area contributed by atoms with Crippen molar-refractivity contribution in [3.05, 3.63) is 35.4 Å². The van der Waals surface area contributed by atoms with Crippen LogP contribution in [-0.2, 0) is 4.79 Å². The molecule has 1 heterocycles. The molecular formula is C14H17NO2. The Morgan fingerprint density at radius 2 is 2.06 bits per heavy atom. The molecule has 1 saturated heterocycles. The van der Waals surface area contributed by atoms with Gasteiger partial charge in [0.05, 0.1) is 0 Å². The maximum Gasteiger partial charge on any atom is 0.230 e. The van der Waals surface area contributed by atoms with Gasteiger partial charge < -0.3 is 5.32 Å². The van der Waals surface area contributed by atoms with Gasteiger partial charge in [-0.1, -0.05) is 30.7 Å². The average molecular weight is 231 g/mol. The first-order valence-electron chi connectivity index (χ1n) is 6.07. The summed E-state index contributed by atoms with van der Waals surface area (Å²) in [4.78, 5) is 24.1. The van der Waals surface area contributed by atoms with E-state index in [0.717, 1.165) is 18.4 Å². The van der Waals surface area contributed by atoms with Crippen LogP contribution in [0.3, 0.4) is 0 Å². The standard InChI is InChI=1S/C14H17NO2/c1-10-6-2-3-7-11(10)13(16)12-8-4-5-9-15-14(12)17/h2-3,6-7,12H,4-5,8-9H2,1H3,(H,15,17). The third-order valence-electron chi connectivity index (χ3n) is 3.26. The van der Waals surface area contributed by atoms with Gasteiger partial charge in [0, 0.05) is 12.1 Å². The van der Waals surface area contributed by atoms with E-state index in [0.29, 0.717) is 18.5 Å². The minimum absolute atomic E-state index is 0.0394. The molecule has 1 aliphatic heterocycles. The molecule has 17 heavy (non-hydrogen) atoms. The summed E-state index contributed by atoms with van der Waals surface area (Å²) >= 11 is 0. The minimum atomic E-state index is -0.501. The van der Waals surface area contributed by atoms with Gasteiger partial charge in [-0.25, -0.2) is 0 Å². The topological polar surface area (TPSA) is 46.2 Å². The lowest BCUT2D eigenvalue weighted by molar-refractivity contribution is -0.123. The molecule has 3 nitrogen and oxygen atoms in total. The SMILES string of the molecule is Cc1ccccc1C(=O)C1CCCCNC1=O. The van der Waals surface area contributed by atoms with E-state index >= 15 is 0 Å². The number of hydrogen-bond donors (Lipinski definition) is 1. The van der Waals surface area contributed by atoms with Crippen LogP contribution in [0.25, 0.3) is 0 Å². The molecule has 1 fully saturated rings. The third-order valence-corrected chi connectivity index (χ3v) is 3.26. The fourth-order valence-electron chi connectivity index (χ4n) is 2.23. The Balaban J connectivity index is 2.24. The number of carbonyl (C=O) groups is 2. The third kappa shape index (κ3) is 2.54. The van der Waals surface area contributed by atoms with Crippen molar-refractivity contribution in [2.45, 2.75) is 26.2 Å². The molecule has 1 aliphatic rings. The summed E-state index contributed by atoms with van der Waals surface area (Å²) in [6.07, 6.45) is 2.56. The minimum Gasteiger partial charge on any atom is -0.355 e. The van der Waals surface area contributed by atoms with E-state index in [1.165, 1.54) is 0 Å². The molecule has 0 saturated carbocycles. The summed E-state index contributed by atoms with van der Waals surface area (Å²) < 4.78 is 0. The first-order valence-corrected chi connectivity index (χ1v) is 6.07. The van der Waals surface area contributed by atoms with Crippen LogP contribution in [0.1, 0.15) is 35.2 Å². The van der Waals surface area contributed by atoms with Crippen LogP contribution < -0.4 is 5.32 Å². The smallest absolute Gasteiger partial charge is 0.230 e. The number of Topliss-reactive ketones (excluding diaryl/α,β-unsaturated/α-hetero) is 1. The first kappa shape index (κ1) is 11.8. The van der Waals surface area contributed by atoms with E-state index in [1.807, 2.05) is 25.1 Å². The number of nitrogens with one attached hydrogen (secondary N) is 1. The van der Waals surface area contributed by atoms with E-state index in [9.17, 15) is 9.59 Å². The van der Waals surface area contributed by atoms with Crippen LogP contribution in [0, 0.1) is 12.8 Å². The Hall–Kier alpha value is -1.64. The quantitative estimate of drug-likeness (QED) is 0.625. The van der Waals surface area contributed by atoms with Crippen molar-refractivity contribution < 1.29 is 9.59 Å². The van der Waals surface area contributed by atoms with Gasteiger partial charge >= 0.3 is 0 Å². The Kier molecular flexibility index (Phi) is 3.57. The molecule has 1 aromatic carbocycles. The highest BCUT2D eigenvalue weighted by atomic mass is 16.2. The largest absolute Gasteiger partial charge is 0.355 e. The number of benzene rings is 1. The monoisotopic (exact) mass is 231 g/mol. The second-order valence-corrected chi connectivity index (χ2v) is 4.52. The lowest BCUT2D eigenvalue weighted by Crippen LogP contribution is -2.33. The second kappa shape index (κ2) is 5.13. The molecule has 90 valence electrons. The van der Waals surface area contributed by atoms with Crippen LogP contribution >= 0.6 is 0 Å². The lowest BCUT2D eigenvalue weighted by atomic mass is 9.91. The molecule has 1 N–H and O–H groups in total. The molecule has 1 amide bonds. The molecule has 2 rings (SSSR count). The predicted octanol–water partition coefficient (Wildman–Crippen LogP) is 2.09. The summed E-state index contributed by atoms with van der Waals surface area (Å²) in [7, 11) is 0. The fraction of sp³-hybridized carbons (Fsp3) is 0.429. The van der Waals surface area contributed by atoms with Crippen molar-refractivity contribution in [3.63, 3.8) is 0 Å². The molecule has 0 aromatic heterocycles. The van der Waals surface area contributed by atoms with Crippen molar-refractivity contribution in [1.82, 2.24) is 5.32 Å². The summed E-state index contributed by atoms with van der Waals surface area (Å²) in [6, 6.07) is 7.45. The number of carbonyl (C=O) groups excluding carboxylic acids is 2. The Morgan fingerprint density at radius 3 is 2.82 bits per heavy atom. The van der Waals surface area contributed by atoms with E-state index in [4.69, 9.17) is 0 Å². The molecule has 0 spiro atoms. The van der Waals surface area contributed by atoms with E-state index in [1.54, 1.807) is 6.07 Å². The zero-order valence-corrected chi connectivity index (χ0v) is 10.0. The van der Waals surface area contributed by atoms with Crippen molar-refractivity contribution >= 4 is 11.7 Å². The highest BCUT2D eigenvalue weighted by Gasteiger charge is 2.29. The van der Waals surface area contributed by atoms with Crippen molar-refractivity contribution in [2.24, 2.45) is 5.92 Å². The van der Waals surface area contributed by atoms with Crippen molar-refractivity contribution in [3.8, 4) is 0 Å². The molecule has 1 aromatic rings. The second-order valence-electron chi connectivity index (χ2n) is 4.52. The van der Waals surface area contributed by atoms with E-state index in [-0.39, 0.29) is 11.7 Å². The van der Waals surface area contributed by atoms with E-state index < -0.39 is 5.92 Å². The normalized spacial score (nSPS) is 20.5. The molecule has 0 aliphatic carbocycles. The highest BCUT2D eigenvalue weighted by Crippen LogP contribution is 2.20. The van der Waals surface area contributed by atoms with Gasteiger partial charge in [0.25, 0.3) is 0 Å². The first-order chi connectivity index (χ1) is 8.20. The number of hydrogen-bond acceptors (Lipinski definition) is 2. The van der Waals surface area contributed by atoms with Crippen LogP contribution in [0.15, 0.2) is 24.3 Å². The van der Waals surface area contributed by atoms with Gasteiger partial charge in [-0.3, -0.25) is 9.59 Å². The zero-order chi connectivity index (χ0) is 12.3. The van der Waals surface area contributed by atoms with Gasteiger partial charge in [0.15, 0.2) is 5.78 Å². The molecule has 1 unspecified atom stereocenters. The Morgan fingerprint density at radius 1 is 1.29 bits per heavy atom. The van der Waals surface area contributed by atoms with Crippen LogP contribution in [0.2, 0.25) is 0 Å². The van der Waals surface area contributed by atoms with Gasteiger partial charge in [-0.05, 0) is 25.3 Å². The molecule has 0 bridgehead atoms. The van der Waals surface area contributed by atoms with Crippen molar-refractivity contribution in [1.29, 1.82) is 0 Å². The van der Waals surface area contributed by atoms with Crippen LogP contribution in [0.4, 0.5) is 0 Å². The van der Waals surface area contributed by atoms with E-state index in [2.05, 4.69) is 5.32 Å². The van der Waals surface area contributed by atoms with Gasteiger partial charge in [-0.15, -0.1) is 0 Å². The van der Waals surface area contributed by atoms with Crippen LogP contribution in [-0.4, -0.2) is 18.2 Å².